The Balaban J connectivity index is 2.28. The highest BCUT2D eigenvalue weighted by molar-refractivity contribution is 7.98. The first kappa shape index (κ1) is 15.5. The van der Waals surface area contributed by atoms with E-state index in [1.807, 2.05) is 6.92 Å². The summed E-state index contributed by atoms with van der Waals surface area (Å²) in [5, 5.41) is 15.1. The number of amides is 1. The van der Waals surface area contributed by atoms with E-state index in [-0.39, 0.29) is 5.91 Å². The second-order valence-electron chi connectivity index (χ2n) is 3.89. The number of aliphatic carboxylic acids is 1. The van der Waals surface area contributed by atoms with Gasteiger partial charge in [0.2, 0.25) is 11.8 Å². The number of carbonyl (C=O) groups excluding carboxylic acids is 1. The molecule has 0 radical (unpaired) electrons. The van der Waals surface area contributed by atoms with Gasteiger partial charge in [0, 0.05) is 13.3 Å². The van der Waals surface area contributed by atoms with Crippen LogP contribution in [0.15, 0.2) is 4.52 Å². The van der Waals surface area contributed by atoms with Crippen LogP contribution in [-0.4, -0.2) is 38.9 Å². The molecule has 1 heterocycles. The molecule has 1 amide bonds. The van der Waals surface area contributed by atoms with Crippen LogP contribution in [0.1, 0.15) is 32.0 Å². The highest BCUT2D eigenvalue weighted by atomic mass is 32.2. The lowest BCUT2D eigenvalue weighted by Gasteiger charge is -2.12. The third-order valence-corrected chi connectivity index (χ3v) is 3.25. The summed E-state index contributed by atoms with van der Waals surface area (Å²) >= 11 is 1.49. The molecule has 0 aliphatic carbocycles. The molecule has 1 unspecified atom stereocenters. The third kappa shape index (κ3) is 5.73. The summed E-state index contributed by atoms with van der Waals surface area (Å²) in [4.78, 5) is 25.9. The van der Waals surface area contributed by atoms with Gasteiger partial charge in [-0.15, -0.1) is 0 Å². The standard InChI is InChI=1S/C11H17N3O4S/c1-3-9-13-10(18-14-9)6-19-5-4-8(11(16)17)12-7(2)15/h8H,3-6H2,1-2H3,(H,12,15)(H,16,17). The van der Waals surface area contributed by atoms with Crippen molar-refractivity contribution in [3.63, 3.8) is 0 Å². The van der Waals surface area contributed by atoms with Crippen molar-refractivity contribution < 1.29 is 19.2 Å². The minimum Gasteiger partial charge on any atom is -0.480 e. The maximum atomic E-state index is 10.9. The van der Waals surface area contributed by atoms with E-state index >= 15 is 0 Å². The maximum absolute atomic E-state index is 10.9. The van der Waals surface area contributed by atoms with Crippen molar-refractivity contribution in [3.05, 3.63) is 11.7 Å². The van der Waals surface area contributed by atoms with Gasteiger partial charge in [-0.05, 0) is 12.2 Å². The Labute approximate surface area is 115 Å². The SMILES string of the molecule is CCc1noc(CSCCC(NC(C)=O)C(=O)O)n1. The number of aryl methyl sites for hydroxylation is 1. The molecule has 19 heavy (non-hydrogen) atoms. The van der Waals surface area contributed by atoms with Crippen LogP contribution in [0.25, 0.3) is 0 Å². The summed E-state index contributed by atoms with van der Waals surface area (Å²) in [5.41, 5.74) is 0. The molecule has 1 aromatic heterocycles. The molecule has 0 aromatic carbocycles. The minimum atomic E-state index is -1.03. The number of nitrogens with zero attached hydrogens (tertiary/aromatic N) is 2. The molecule has 2 N–H and O–H groups in total. The summed E-state index contributed by atoms with van der Waals surface area (Å²) < 4.78 is 5.01. The number of hydrogen-bond acceptors (Lipinski definition) is 6. The number of nitrogens with one attached hydrogen (secondary N) is 1. The van der Waals surface area contributed by atoms with Crippen LogP contribution in [-0.2, 0) is 21.8 Å². The lowest BCUT2D eigenvalue weighted by atomic mass is 10.2. The summed E-state index contributed by atoms with van der Waals surface area (Å²) in [6.07, 6.45) is 1.08. The van der Waals surface area contributed by atoms with E-state index in [0.29, 0.717) is 29.6 Å². The van der Waals surface area contributed by atoms with Gasteiger partial charge in [-0.1, -0.05) is 12.1 Å². The Bertz CT molecular complexity index is 435. The number of hydrogen-bond donors (Lipinski definition) is 2. The summed E-state index contributed by atoms with van der Waals surface area (Å²) in [7, 11) is 0. The Morgan fingerprint density at radius 1 is 1.53 bits per heavy atom. The smallest absolute Gasteiger partial charge is 0.326 e. The van der Waals surface area contributed by atoms with Crippen LogP contribution in [0.5, 0.6) is 0 Å². The van der Waals surface area contributed by atoms with E-state index < -0.39 is 12.0 Å². The molecule has 0 saturated carbocycles. The molecule has 0 fully saturated rings. The predicted molar refractivity (Wildman–Crippen MR) is 69.7 cm³/mol. The quantitative estimate of drug-likeness (QED) is 0.682. The molecule has 0 aliphatic rings. The fraction of sp³-hybridized carbons (Fsp3) is 0.636. The van der Waals surface area contributed by atoms with Crippen molar-refractivity contribution >= 4 is 23.6 Å². The molecular weight excluding hydrogens is 270 g/mol. The average Bonchev–Trinajstić information content (AvgIpc) is 2.80. The molecular formula is C11H17N3O4S. The first-order chi connectivity index (χ1) is 9.02. The lowest BCUT2D eigenvalue weighted by Crippen LogP contribution is -2.39. The maximum Gasteiger partial charge on any atom is 0.326 e. The average molecular weight is 287 g/mol. The molecule has 1 aromatic rings. The zero-order valence-corrected chi connectivity index (χ0v) is 11.7. The lowest BCUT2D eigenvalue weighted by molar-refractivity contribution is -0.141. The highest BCUT2D eigenvalue weighted by Gasteiger charge is 2.17. The Hall–Kier alpha value is -1.57. The number of carbonyl (C=O) groups is 2. The fourth-order valence-corrected chi connectivity index (χ4v) is 2.19. The van der Waals surface area contributed by atoms with Crippen LogP contribution >= 0.6 is 11.8 Å². The van der Waals surface area contributed by atoms with Crippen molar-refractivity contribution in [2.75, 3.05) is 5.75 Å². The van der Waals surface area contributed by atoms with Crippen LogP contribution in [0.3, 0.4) is 0 Å². The summed E-state index contributed by atoms with van der Waals surface area (Å²) in [6, 6.07) is -0.848. The van der Waals surface area contributed by atoms with Gasteiger partial charge in [-0.2, -0.15) is 16.7 Å². The van der Waals surface area contributed by atoms with E-state index in [2.05, 4.69) is 15.5 Å². The van der Waals surface area contributed by atoms with Gasteiger partial charge in [0.25, 0.3) is 0 Å². The zero-order valence-electron chi connectivity index (χ0n) is 10.9. The Kier molecular flexibility index (Phi) is 6.34. The van der Waals surface area contributed by atoms with Crippen LogP contribution in [0.4, 0.5) is 0 Å². The van der Waals surface area contributed by atoms with Gasteiger partial charge in [0.15, 0.2) is 5.82 Å². The first-order valence-electron chi connectivity index (χ1n) is 5.92. The molecule has 106 valence electrons. The van der Waals surface area contributed by atoms with E-state index in [4.69, 9.17) is 9.63 Å². The van der Waals surface area contributed by atoms with Crippen molar-refractivity contribution in [1.82, 2.24) is 15.5 Å². The van der Waals surface area contributed by atoms with Crippen molar-refractivity contribution in [1.29, 1.82) is 0 Å². The second-order valence-corrected chi connectivity index (χ2v) is 5.00. The third-order valence-electron chi connectivity index (χ3n) is 2.28. The molecule has 7 nitrogen and oxygen atoms in total. The second kappa shape index (κ2) is 7.78. The number of thioether (sulfide) groups is 1. The highest BCUT2D eigenvalue weighted by Crippen LogP contribution is 2.12. The monoisotopic (exact) mass is 287 g/mol. The van der Waals surface area contributed by atoms with Crippen LogP contribution in [0.2, 0.25) is 0 Å². The number of rotatable bonds is 8. The minimum absolute atomic E-state index is 0.345. The predicted octanol–water partition coefficient (Wildman–Crippen LogP) is 0.845. The van der Waals surface area contributed by atoms with Gasteiger partial charge in [-0.3, -0.25) is 4.79 Å². The normalized spacial score (nSPS) is 12.1. The molecule has 0 aliphatic heterocycles. The van der Waals surface area contributed by atoms with Crippen LogP contribution in [0, 0.1) is 0 Å². The van der Waals surface area contributed by atoms with Gasteiger partial charge in [0.05, 0.1) is 5.75 Å². The van der Waals surface area contributed by atoms with E-state index in [0.717, 1.165) is 6.42 Å². The summed E-state index contributed by atoms with van der Waals surface area (Å²) in [6.45, 7) is 3.24. The molecule has 0 saturated heterocycles. The topological polar surface area (TPSA) is 105 Å². The van der Waals surface area contributed by atoms with Gasteiger partial charge < -0.3 is 14.9 Å². The Morgan fingerprint density at radius 3 is 2.79 bits per heavy atom. The molecule has 0 bridgehead atoms. The number of aromatic nitrogens is 2. The number of carboxylic acids is 1. The van der Waals surface area contributed by atoms with Crippen molar-refractivity contribution in [2.45, 2.75) is 38.5 Å². The van der Waals surface area contributed by atoms with Gasteiger partial charge in [-0.25, -0.2) is 4.79 Å². The van der Waals surface area contributed by atoms with Gasteiger partial charge >= 0.3 is 5.97 Å². The molecule has 1 rings (SSSR count). The van der Waals surface area contributed by atoms with Crippen molar-refractivity contribution in [3.8, 4) is 0 Å². The summed E-state index contributed by atoms with van der Waals surface area (Å²) in [5.74, 6) is 0.954. The van der Waals surface area contributed by atoms with E-state index in [1.54, 1.807) is 0 Å². The van der Waals surface area contributed by atoms with Crippen LogP contribution < -0.4 is 5.32 Å². The first-order valence-corrected chi connectivity index (χ1v) is 7.07. The largest absolute Gasteiger partial charge is 0.480 e. The zero-order chi connectivity index (χ0) is 14.3. The molecule has 1 atom stereocenters. The number of carboxylic acid groups (broad SMARTS) is 1. The van der Waals surface area contributed by atoms with E-state index in [1.165, 1.54) is 18.7 Å². The fourth-order valence-electron chi connectivity index (χ4n) is 1.36. The van der Waals surface area contributed by atoms with Gasteiger partial charge in [0.1, 0.15) is 6.04 Å². The Morgan fingerprint density at radius 2 is 2.26 bits per heavy atom. The van der Waals surface area contributed by atoms with E-state index in [9.17, 15) is 9.59 Å². The molecule has 0 spiro atoms. The molecule has 8 heteroatoms. The van der Waals surface area contributed by atoms with Crippen molar-refractivity contribution in [2.24, 2.45) is 0 Å².